The molecule has 0 bridgehead atoms. The smallest absolute Gasteiger partial charge is 0.0665 e. The normalized spacial score (nSPS) is 15.1. The monoisotopic (exact) mass is 227 g/mol. The van der Waals surface area contributed by atoms with Gasteiger partial charge in [-0.05, 0) is 42.3 Å². The van der Waals surface area contributed by atoms with Crippen LogP contribution in [0.15, 0.2) is 46.8 Å². The molecule has 0 saturated carbocycles. The molecule has 1 aromatic carbocycles. The van der Waals surface area contributed by atoms with Gasteiger partial charge in [0.05, 0.1) is 11.4 Å². The van der Waals surface area contributed by atoms with Crippen molar-refractivity contribution in [2.24, 2.45) is 4.99 Å². The summed E-state index contributed by atoms with van der Waals surface area (Å²) in [5.74, 6) is 0. The van der Waals surface area contributed by atoms with Gasteiger partial charge in [0.1, 0.15) is 0 Å². The van der Waals surface area contributed by atoms with Crippen molar-refractivity contribution in [3.8, 4) is 0 Å². The van der Waals surface area contributed by atoms with Gasteiger partial charge in [0.2, 0.25) is 0 Å². The minimum absolute atomic E-state index is 1.09. The highest BCUT2D eigenvalue weighted by Crippen LogP contribution is 2.27. The maximum absolute atomic E-state index is 4.81. The van der Waals surface area contributed by atoms with Gasteiger partial charge in [-0.15, -0.1) is 11.3 Å². The summed E-state index contributed by atoms with van der Waals surface area (Å²) >= 11 is 1.78. The lowest BCUT2D eigenvalue weighted by molar-refractivity contribution is 0.879. The Morgan fingerprint density at radius 1 is 1.00 bits per heavy atom. The maximum atomic E-state index is 4.81. The SMILES string of the molecule is c1csc(C2=Nc3ccccc3CCC2)c1. The third-order valence-corrected chi connectivity index (χ3v) is 3.83. The van der Waals surface area contributed by atoms with Gasteiger partial charge in [0.15, 0.2) is 0 Å². The van der Waals surface area contributed by atoms with E-state index in [1.807, 2.05) is 0 Å². The molecule has 0 unspecified atom stereocenters. The van der Waals surface area contributed by atoms with Gasteiger partial charge in [0, 0.05) is 4.88 Å². The fourth-order valence-electron chi connectivity index (χ4n) is 2.10. The lowest BCUT2D eigenvalue weighted by atomic mass is 10.1. The number of nitrogens with zero attached hydrogens (tertiary/aromatic N) is 1. The number of aryl methyl sites for hydroxylation is 1. The second kappa shape index (κ2) is 4.22. The quantitative estimate of drug-likeness (QED) is 0.692. The molecule has 3 rings (SSSR count). The zero-order chi connectivity index (χ0) is 10.8. The van der Waals surface area contributed by atoms with Crippen molar-refractivity contribution in [3.63, 3.8) is 0 Å². The second-order valence-electron chi connectivity index (χ2n) is 4.02. The molecule has 0 saturated heterocycles. The van der Waals surface area contributed by atoms with Crippen molar-refractivity contribution in [1.82, 2.24) is 0 Å². The van der Waals surface area contributed by atoms with E-state index in [2.05, 4.69) is 41.8 Å². The molecule has 1 aromatic heterocycles. The number of thiophene rings is 1. The fourth-order valence-corrected chi connectivity index (χ4v) is 2.84. The highest BCUT2D eigenvalue weighted by Gasteiger charge is 2.11. The summed E-state index contributed by atoms with van der Waals surface area (Å²) in [7, 11) is 0. The summed E-state index contributed by atoms with van der Waals surface area (Å²) in [5.41, 5.74) is 3.79. The van der Waals surface area contributed by atoms with Gasteiger partial charge < -0.3 is 0 Å². The Kier molecular flexibility index (Phi) is 2.58. The minimum Gasteiger partial charge on any atom is -0.252 e. The van der Waals surface area contributed by atoms with Crippen LogP contribution < -0.4 is 0 Å². The van der Waals surface area contributed by atoms with Gasteiger partial charge >= 0.3 is 0 Å². The summed E-state index contributed by atoms with van der Waals surface area (Å²) in [6.45, 7) is 0. The number of aliphatic imine (C=N–C) groups is 1. The molecule has 1 aliphatic rings. The third kappa shape index (κ3) is 1.81. The van der Waals surface area contributed by atoms with Crippen molar-refractivity contribution in [1.29, 1.82) is 0 Å². The first-order valence-electron chi connectivity index (χ1n) is 5.63. The molecular weight excluding hydrogens is 214 g/mol. The van der Waals surface area contributed by atoms with E-state index >= 15 is 0 Å². The van der Waals surface area contributed by atoms with E-state index in [1.54, 1.807) is 11.3 Å². The highest BCUT2D eigenvalue weighted by atomic mass is 32.1. The van der Waals surface area contributed by atoms with E-state index in [1.165, 1.54) is 22.6 Å². The van der Waals surface area contributed by atoms with E-state index in [-0.39, 0.29) is 0 Å². The van der Waals surface area contributed by atoms with Crippen LogP contribution in [0.4, 0.5) is 5.69 Å². The molecule has 1 aliphatic heterocycles. The molecule has 16 heavy (non-hydrogen) atoms. The van der Waals surface area contributed by atoms with Crippen molar-refractivity contribution in [3.05, 3.63) is 52.2 Å². The van der Waals surface area contributed by atoms with Crippen LogP contribution in [0.5, 0.6) is 0 Å². The number of hydrogen-bond acceptors (Lipinski definition) is 2. The van der Waals surface area contributed by atoms with Crippen LogP contribution in [0.3, 0.4) is 0 Å². The molecule has 80 valence electrons. The Morgan fingerprint density at radius 3 is 2.81 bits per heavy atom. The van der Waals surface area contributed by atoms with Gasteiger partial charge in [-0.3, -0.25) is 4.99 Å². The van der Waals surface area contributed by atoms with E-state index in [9.17, 15) is 0 Å². The molecule has 0 fully saturated rings. The molecule has 0 spiro atoms. The Bertz CT molecular complexity index is 511. The molecule has 2 heterocycles. The zero-order valence-electron chi connectivity index (χ0n) is 9.02. The lowest BCUT2D eigenvalue weighted by Gasteiger charge is -2.00. The van der Waals surface area contributed by atoms with Gasteiger partial charge in [-0.25, -0.2) is 0 Å². The first kappa shape index (κ1) is 9.79. The predicted molar refractivity (Wildman–Crippen MR) is 69.9 cm³/mol. The summed E-state index contributed by atoms with van der Waals surface area (Å²) in [6.07, 6.45) is 3.44. The fraction of sp³-hybridized carbons (Fsp3) is 0.214. The molecule has 0 amide bonds. The minimum atomic E-state index is 1.09. The van der Waals surface area contributed by atoms with Crippen molar-refractivity contribution < 1.29 is 0 Å². The van der Waals surface area contributed by atoms with E-state index in [4.69, 9.17) is 4.99 Å². The van der Waals surface area contributed by atoms with Crippen molar-refractivity contribution in [2.75, 3.05) is 0 Å². The largest absolute Gasteiger partial charge is 0.252 e. The van der Waals surface area contributed by atoms with Crippen LogP contribution >= 0.6 is 11.3 Å². The van der Waals surface area contributed by atoms with Crippen molar-refractivity contribution >= 4 is 22.7 Å². The van der Waals surface area contributed by atoms with E-state index in [0.717, 1.165) is 18.5 Å². The summed E-state index contributed by atoms with van der Waals surface area (Å²) in [5, 5.41) is 2.12. The van der Waals surface area contributed by atoms with Crippen LogP contribution in [0, 0.1) is 0 Å². The Balaban J connectivity index is 2.06. The van der Waals surface area contributed by atoms with Gasteiger partial charge in [-0.1, -0.05) is 24.3 Å². The number of hydrogen-bond donors (Lipinski definition) is 0. The first-order chi connectivity index (χ1) is 7.93. The molecule has 0 atom stereocenters. The number of para-hydroxylation sites is 1. The molecule has 1 nitrogen and oxygen atoms in total. The van der Waals surface area contributed by atoms with Crippen LogP contribution in [0.25, 0.3) is 0 Å². The summed E-state index contributed by atoms with van der Waals surface area (Å²) < 4.78 is 0. The standard InChI is InChI=1S/C14H13NS/c1-2-7-12-11(5-1)6-3-8-13(15-12)14-9-4-10-16-14/h1-2,4-5,7,9-10H,3,6,8H2. The first-order valence-corrected chi connectivity index (χ1v) is 6.51. The summed E-state index contributed by atoms with van der Waals surface area (Å²) in [6, 6.07) is 12.7. The average molecular weight is 227 g/mol. The predicted octanol–water partition coefficient (Wildman–Crippen LogP) is 4.21. The Morgan fingerprint density at radius 2 is 1.94 bits per heavy atom. The molecule has 0 N–H and O–H groups in total. The number of rotatable bonds is 1. The zero-order valence-corrected chi connectivity index (χ0v) is 9.83. The molecule has 2 aromatic rings. The Labute approximate surface area is 99.5 Å². The van der Waals surface area contributed by atoms with Gasteiger partial charge in [-0.2, -0.15) is 0 Å². The van der Waals surface area contributed by atoms with E-state index < -0.39 is 0 Å². The second-order valence-corrected chi connectivity index (χ2v) is 4.97. The Hall–Kier alpha value is -1.41. The van der Waals surface area contributed by atoms with Crippen LogP contribution in [-0.2, 0) is 6.42 Å². The van der Waals surface area contributed by atoms with Crippen LogP contribution in [0.1, 0.15) is 23.3 Å². The van der Waals surface area contributed by atoms with Crippen LogP contribution in [-0.4, -0.2) is 5.71 Å². The third-order valence-electron chi connectivity index (χ3n) is 2.91. The highest BCUT2D eigenvalue weighted by molar-refractivity contribution is 7.12. The maximum Gasteiger partial charge on any atom is 0.0665 e. The number of fused-ring (bicyclic) bond motifs is 1. The molecule has 0 radical (unpaired) electrons. The lowest BCUT2D eigenvalue weighted by Crippen LogP contribution is -1.96. The van der Waals surface area contributed by atoms with Crippen LogP contribution in [0.2, 0.25) is 0 Å². The molecule has 0 aliphatic carbocycles. The van der Waals surface area contributed by atoms with Gasteiger partial charge in [0.25, 0.3) is 0 Å². The van der Waals surface area contributed by atoms with E-state index in [0.29, 0.717) is 0 Å². The van der Waals surface area contributed by atoms with Crippen molar-refractivity contribution in [2.45, 2.75) is 19.3 Å². The molecule has 2 heteroatoms. The number of benzene rings is 1. The topological polar surface area (TPSA) is 12.4 Å². The molecular formula is C14H13NS. The summed E-state index contributed by atoms with van der Waals surface area (Å²) in [4.78, 5) is 6.13. The average Bonchev–Trinajstić information content (AvgIpc) is 2.75.